The van der Waals surface area contributed by atoms with Crippen LogP contribution in [0.25, 0.3) is 22.3 Å². The first kappa shape index (κ1) is 38.5. The second kappa shape index (κ2) is 16.6. The molecule has 19 nitrogen and oxygen atoms in total. The molecule has 4 rings (SSSR count). The van der Waals surface area contributed by atoms with Gasteiger partial charge >= 0.3 is 65.5 Å². The van der Waals surface area contributed by atoms with Gasteiger partial charge in [-0.2, -0.15) is 0 Å². The largest absolute Gasteiger partial charge is 0.527 e. The average molecular weight is 771 g/mol. The molecular formula is C32H18O19S2. The molecule has 0 atom stereocenters. The summed E-state index contributed by atoms with van der Waals surface area (Å²) in [6.45, 7) is 0. The van der Waals surface area contributed by atoms with E-state index < -0.39 is 65.5 Å². The van der Waals surface area contributed by atoms with Crippen LogP contribution in [0, 0.1) is 0 Å². The zero-order valence-corrected chi connectivity index (χ0v) is 27.6. The number of benzene rings is 4. The van der Waals surface area contributed by atoms with E-state index in [1.807, 2.05) is 0 Å². The van der Waals surface area contributed by atoms with E-state index in [4.69, 9.17) is 0 Å². The zero-order chi connectivity index (χ0) is 38.8. The first-order valence-corrected chi connectivity index (χ1v) is 16.9. The summed E-state index contributed by atoms with van der Waals surface area (Å²) >= 11 is 0. The molecule has 0 aliphatic heterocycles. The highest BCUT2D eigenvalue weighted by atomic mass is 32.2. The fraction of sp³-hybridized carbons (Fsp3) is 0. The van der Waals surface area contributed by atoms with E-state index in [1.165, 1.54) is 48.5 Å². The number of hydrogen-bond donors (Lipinski definition) is 0. The van der Waals surface area contributed by atoms with Crippen LogP contribution in [0.3, 0.4) is 0 Å². The molecule has 0 unspecified atom stereocenters. The zero-order valence-electron chi connectivity index (χ0n) is 26.0. The lowest BCUT2D eigenvalue weighted by atomic mass is 10.1. The molecule has 0 aromatic heterocycles. The molecule has 272 valence electrons. The van der Waals surface area contributed by atoms with E-state index in [0.29, 0.717) is 11.1 Å². The lowest BCUT2D eigenvalue weighted by Crippen LogP contribution is -2.32. The van der Waals surface area contributed by atoms with Gasteiger partial charge in [0.2, 0.25) is 0 Å². The van der Waals surface area contributed by atoms with Crippen molar-refractivity contribution in [1.82, 2.24) is 0 Å². The Morgan fingerprint density at radius 3 is 0.887 bits per heavy atom. The van der Waals surface area contributed by atoms with Crippen LogP contribution in [0.15, 0.2) is 109 Å². The van der Waals surface area contributed by atoms with Crippen LogP contribution >= 0.6 is 0 Å². The second-order valence-electron chi connectivity index (χ2n) is 9.50. The summed E-state index contributed by atoms with van der Waals surface area (Å²) in [7, 11) is -11.9. The molecule has 21 heteroatoms. The summed E-state index contributed by atoms with van der Waals surface area (Å²) in [6.07, 6.45) is -9.11. The number of hydrogen-bond acceptors (Lipinski definition) is 19. The Hall–Kier alpha value is -7.26. The van der Waals surface area contributed by atoms with Crippen molar-refractivity contribution >= 4 is 65.5 Å². The third kappa shape index (κ3) is 10.4. The Balaban J connectivity index is 1.22. The highest BCUT2D eigenvalue weighted by Crippen LogP contribution is 2.24. The van der Waals surface area contributed by atoms with Gasteiger partial charge in [-0.3, -0.25) is 0 Å². The molecule has 53 heavy (non-hydrogen) atoms. The van der Waals surface area contributed by atoms with E-state index >= 15 is 0 Å². The predicted octanol–water partition coefficient (Wildman–Crippen LogP) is 6.35. The number of carbonyl (C=O) groups excluding carboxylic acids is 8. The average Bonchev–Trinajstić information content (AvgIpc) is 3.12. The molecule has 0 saturated heterocycles. The summed E-state index contributed by atoms with van der Waals surface area (Å²) in [5, 5.41) is -10.8. The monoisotopic (exact) mass is 770 g/mol. The highest BCUT2D eigenvalue weighted by molar-refractivity contribution is 8.18. The van der Waals surface area contributed by atoms with Crippen LogP contribution in [0.5, 0.6) is 11.5 Å². The molecule has 0 fully saturated rings. The Morgan fingerprint density at radius 2 is 0.585 bits per heavy atom. The molecule has 0 spiro atoms. The van der Waals surface area contributed by atoms with Gasteiger partial charge in [0.25, 0.3) is 0 Å². The van der Waals surface area contributed by atoms with E-state index in [-0.39, 0.29) is 11.5 Å². The van der Waals surface area contributed by atoms with E-state index in [2.05, 4.69) is 33.2 Å². The standard InChI is InChI=1S/C32H18O19S2/c33-25(45-23-15-11-21(12-16-23)19-7-3-1-4-8-19)48-29(37)52(41,42)31(39)50-27(35)47-28(36)51-32(40)53(43,44)30(38)49-26(34)46-24-17-13-22(14-18-24)20-9-5-2-6-10-20/h1-18H. The molecule has 0 amide bonds. The Bertz CT molecular complexity index is 2140. The van der Waals surface area contributed by atoms with Crippen LogP contribution in [-0.4, -0.2) is 62.7 Å². The SMILES string of the molecule is O=C(OC(=O)OC(=O)S(=O)(=O)C(=O)OC(=O)Oc1ccc(-c2ccccc2)cc1)OC(=O)S(=O)(=O)C(=O)OC(=O)Oc1ccc(-c2ccccc2)cc1. The van der Waals surface area contributed by atoms with Crippen LogP contribution in [0.4, 0.5) is 38.4 Å². The molecule has 4 aromatic carbocycles. The van der Waals surface area contributed by atoms with Gasteiger partial charge in [0.05, 0.1) is 0 Å². The van der Waals surface area contributed by atoms with Crippen molar-refractivity contribution < 1.29 is 88.3 Å². The first-order chi connectivity index (χ1) is 25.1. The molecule has 0 aliphatic carbocycles. The van der Waals surface area contributed by atoms with Crippen LogP contribution in [0.2, 0.25) is 0 Å². The summed E-state index contributed by atoms with van der Waals surface area (Å²) < 4.78 is 75.8. The molecule has 0 N–H and O–H groups in total. The molecule has 0 heterocycles. The first-order valence-electron chi connectivity index (χ1n) is 13.9. The fourth-order valence-electron chi connectivity index (χ4n) is 3.66. The quantitative estimate of drug-likeness (QED) is 0.0945. The maximum Gasteiger partial charge on any atom is 0.527 e. The van der Waals surface area contributed by atoms with Gasteiger partial charge in [-0.25, -0.2) is 55.2 Å². The van der Waals surface area contributed by atoms with Gasteiger partial charge in [0, 0.05) is 0 Å². The van der Waals surface area contributed by atoms with Crippen molar-refractivity contribution in [3.8, 4) is 33.8 Å². The van der Waals surface area contributed by atoms with E-state index in [9.17, 15) is 55.2 Å². The summed E-state index contributed by atoms with van der Waals surface area (Å²) in [5.74, 6) is -0.446. The summed E-state index contributed by atoms with van der Waals surface area (Å²) in [6, 6.07) is 28.8. The fourth-order valence-corrected chi connectivity index (χ4v) is 4.65. The number of ether oxygens (including phenoxy) is 7. The normalized spacial score (nSPS) is 10.8. The van der Waals surface area contributed by atoms with Gasteiger partial charge in [-0.1, -0.05) is 84.9 Å². The Kier molecular flexibility index (Phi) is 12.1. The van der Waals surface area contributed by atoms with Crippen molar-refractivity contribution in [3.63, 3.8) is 0 Å². The number of sulfone groups is 2. The third-order valence-electron chi connectivity index (χ3n) is 6.04. The maximum absolute atomic E-state index is 12.0. The van der Waals surface area contributed by atoms with Gasteiger partial charge < -0.3 is 33.2 Å². The van der Waals surface area contributed by atoms with E-state index in [1.54, 1.807) is 60.7 Å². The molecule has 0 saturated carbocycles. The minimum absolute atomic E-state index is 0.223. The molecule has 0 bridgehead atoms. The Morgan fingerprint density at radius 1 is 0.321 bits per heavy atom. The molecule has 0 radical (unpaired) electrons. The summed E-state index contributed by atoms with van der Waals surface area (Å²) in [5.41, 5.74) is 2.98. The molecular weight excluding hydrogens is 752 g/mol. The predicted molar refractivity (Wildman–Crippen MR) is 171 cm³/mol. The highest BCUT2D eigenvalue weighted by Gasteiger charge is 2.42. The summed E-state index contributed by atoms with van der Waals surface area (Å²) in [4.78, 5) is 94.4. The minimum atomic E-state index is -5.95. The van der Waals surface area contributed by atoms with Crippen molar-refractivity contribution in [2.24, 2.45) is 0 Å². The lowest BCUT2D eigenvalue weighted by molar-refractivity contribution is 0.0708. The van der Waals surface area contributed by atoms with Gasteiger partial charge in [-0.15, -0.1) is 0 Å². The van der Waals surface area contributed by atoms with Crippen LogP contribution in [-0.2, 0) is 43.4 Å². The Labute approximate surface area is 296 Å². The van der Waals surface area contributed by atoms with Gasteiger partial charge in [0.1, 0.15) is 11.5 Å². The lowest BCUT2D eigenvalue weighted by Gasteiger charge is -2.07. The van der Waals surface area contributed by atoms with Gasteiger partial charge in [-0.05, 0) is 46.5 Å². The van der Waals surface area contributed by atoms with Crippen molar-refractivity contribution in [2.75, 3.05) is 0 Å². The van der Waals surface area contributed by atoms with Gasteiger partial charge in [0.15, 0.2) is 0 Å². The molecule has 0 aliphatic rings. The van der Waals surface area contributed by atoms with Crippen molar-refractivity contribution in [3.05, 3.63) is 109 Å². The smallest absolute Gasteiger partial charge is 0.395 e. The van der Waals surface area contributed by atoms with E-state index in [0.717, 1.165) is 11.1 Å². The van der Waals surface area contributed by atoms with Crippen molar-refractivity contribution in [2.45, 2.75) is 0 Å². The number of carbonyl (C=O) groups is 8. The molecule has 4 aromatic rings. The van der Waals surface area contributed by atoms with Crippen molar-refractivity contribution in [1.29, 1.82) is 0 Å². The number of rotatable bonds is 4. The third-order valence-corrected chi connectivity index (χ3v) is 8.12. The minimum Gasteiger partial charge on any atom is -0.395 e. The maximum atomic E-state index is 12.0. The van der Waals surface area contributed by atoms with Crippen LogP contribution in [0.1, 0.15) is 0 Å². The van der Waals surface area contributed by atoms with Crippen LogP contribution < -0.4 is 9.47 Å². The second-order valence-corrected chi connectivity index (χ2v) is 12.8. The topological polar surface area (TPSA) is 269 Å².